The fraction of sp³-hybridized carbons (Fsp3) is 0.458. The van der Waals surface area contributed by atoms with Crippen molar-refractivity contribution < 1.29 is 22.7 Å². The molecule has 1 N–H and O–H groups in total. The van der Waals surface area contributed by atoms with Gasteiger partial charge in [0.15, 0.2) is 6.10 Å². The van der Waals surface area contributed by atoms with Crippen LogP contribution in [0.1, 0.15) is 39.2 Å². The number of benzene rings is 2. The lowest BCUT2D eigenvalue weighted by molar-refractivity contribution is -0.128. The summed E-state index contributed by atoms with van der Waals surface area (Å²) in [5, 5.41) is 2.93. The molecule has 2 aromatic rings. The normalized spacial score (nSPS) is 12.3. The van der Waals surface area contributed by atoms with Gasteiger partial charge < -0.3 is 14.8 Å². The second kappa shape index (κ2) is 11.8. The van der Waals surface area contributed by atoms with Gasteiger partial charge in [-0.2, -0.15) is 0 Å². The summed E-state index contributed by atoms with van der Waals surface area (Å²) in [5.74, 6) is 1.21. The topological polar surface area (TPSA) is 84.9 Å². The number of rotatable bonds is 12. The van der Waals surface area contributed by atoms with Crippen LogP contribution < -0.4 is 19.1 Å². The van der Waals surface area contributed by atoms with Gasteiger partial charge >= 0.3 is 0 Å². The van der Waals surface area contributed by atoms with Gasteiger partial charge in [0.25, 0.3) is 5.91 Å². The molecule has 0 spiro atoms. The average Bonchev–Trinajstić information content (AvgIpc) is 2.75. The summed E-state index contributed by atoms with van der Waals surface area (Å²) in [6.45, 7) is 6.44. The lowest BCUT2D eigenvalue weighted by atomic mass is 10.1. The zero-order valence-corrected chi connectivity index (χ0v) is 20.3. The zero-order chi connectivity index (χ0) is 23.7. The Morgan fingerprint density at radius 2 is 1.56 bits per heavy atom. The van der Waals surface area contributed by atoms with E-state index >= 15 is 0 Å². The van der Waals surface area contributed by atoms with E-state index < -0.39 is 16.1 Å². The zero-order valence-electron chi connectivity index (χ0n) is 19.5. The summed E-state index contributed by atoms with van der Waals surface area (Å²) in [5.41, 5.74) is 1.72. The van der Waals surface area contributed by atoms with Crippen molar-refractivity contribution in [2.24, 2.45) is 0 Å². The van der Waals surface area contributed by atoms with Crippen molar-refractivity contribution in [1.29, 1.82) is 0 Å². The molecule has 32 heavy (non-hydrogen) atoms. The molecule has 2 rings (SSSR count). The van der Waals surface area contributed by atoms with Crippen molar-refractivity contribution in [3.63, 3.8) is 0 Å². The summed E-state index contributed by atoms with van der Waals surface area (Å²) in [7, 11) is -1.84. The highest BCUT2D eigenvalue weighted by Crippen LogP contribution is 2.21. The van der Waals surface area contributed by atoms with Crippen LogP contribution in [0.4, 0.5) is 5.69 Å². The molecule has 1 atom stereocenters. The van der Waals surface area contributed by atoms with Crippen molar-refractivity contribution in [3.8, 4) is 11.5 Å². The Hall–Kier alpha value is -2.74. The first kappa shape index (κ1) is 25.5. The van der Waals surface area contributed by atoms with Crippen molar-refractivity contribution in [2.75, 3.05) is 24.2 Å². The third-order valence-electron chi connectivity index (χ3n) is 4.88. The number of hydrogen-bond acceptors (Lipinski definition) is 5. The van der Waals surface area contributed by atoms with Crippen LogP contribution in [0.2, 0.25) is 0 Å². The van der Waals surface area contributed by atoms with Gasteiger partial charge in [-0.1, -0.05) is 19.1 Å². The summed E-state index contributed by atoms with van der Waals surface area (Å²) in [6.07, 6.45) is 2.88. The molecule has 8 heteroatoms. The van der Waals surface area contributed by atoms with E-state index in [2.05, 4.69) is 5.32 Å². The molecule has 0 heterocycles. The number of carbonyl (C=O) groups excluding carboxylic acids is 1. The van der Waals surface area contributed by atoms with E-state index in [1.165, 1.54) is 16.9 Å². The monoisotopic (exact) mass is 462 g/mol. The molecule has 2 aromatic carbocycles. The maximum Gasteiger partial charge on any atom is 0.261 e. The molecule has 0 aromatic heterocycles. The molecular formula is C24H34N2O5S. The molecule has 0 aliphatic carbocycles. The Morgan fingerprint density at radius 3 is 2.09 bits per heavy atom. The molecule has 0 aliphatic rings. The summed E-state index contributed by atoms with van der Waals surface area (Å²) in [6, 6.07) is 14.7. The Kier molecular flexibility index (Phi) is 9.38. The molecule has 0 aliphatic heterocycles. The van der Waals surface area contributed by atoms with Gasteiger partial charge in [0, 0.05) is 13.6 Å². The first-order valence-electron chi connectivity index (χ1n) is 10.8. The van der Waals surface area contributed by atoms with Crippen LogP contribution in [0.15, 0.2) is 48.5 Å². The molecule has 0 unspecified atom stereocenters. The summed E-state index contributed by atoms with van der Waals surface area (Å²) >= 11 is 0. The van der Waals surface area contributed by atoms with Crippen LogP contribution in [0, 0.1) is 0 Å². The Balaban J connectivity index is 1.80. The van der Waals surface area contributed by atoms with Crippen LogP contribution in [-0.2, 0) is 21.2 Å². The first-order valence-corrected chi connectivity index (χ1v) is 12.7. The summed E-state index contributed by atoms with van der Waals surface area (Å²) < 4.78 is 35.9. The van der Waals surface area contributed by atoms with Gasteiger partial charge in [-0.25, -0.2) is 8.42 Å². The van der Waals surface area contributed by atoms with E-state index in [0.29, 0.717) is 24.4 Å². The SMILES string of the molecule is CC[C@@H](Oc1ccc(N(C)S(C)(=O)=O)cc1)C(=O)NCCCc1ccc(OC(C)C)cc1. The predicted octanol–water partition coefficient (Wildman–Crippen LogP) is 3.78. The van der Waals surface area contributed by atoms with E-state index in [-0.39, 0.29) is 12.0 Å². The van der Waals surface area contributed by atoms with Crippen LogP contribution in [0.3, 0.4) is 0 Å². The van der Waals surface area contributed by atoms with Gasteiger partial charge in [0.2, 0.25) is 10.0 Å². The Bertz CT molecular complexity index is 957. The molecule has 0 saturated carbocycles. The number of amides is 1. The number of nitrogens with zero attached hydrogens (tertiary/aromatic N) is 1. The van der Waals surface area contributed by atoms with Crippen LogP contribution in [0.25, 0.3) is 0 Å². The van der Waals surface area contributed by atoms with Crippen LogP contribution in [0.5, 0.6) is 11.5 Å². The molecule has 0 radical (unpaired) electrons. The molecule has 0 bridgehead atoms. The molecular weight excluding hydrogens is 428 g/mol. The van der Waals surface area contributed by atoms with Gasteiger partial charge in [-0.05, 0) is 75.1 Å². The number of hydrogen-bond donors (Lipinski definition) is 1. The highest BCUT2D eigenvalue weighted by atomic mass is 32.2. The van der Waals surface area contributed by atoms with Gasteiger partial charge in [-0.3, -0.25) is 9.10 Å². The maximum absolute atomic E-state index is 12.5. The van der Waals surface area contributed by atoms with E-state index in [1.807, 2.05) is 45.0 Å². The third-order valence-corrected chi connectivity index (χ3v) is 6.08. The highest BCUT2D eigenvalue weighted by molar-refractivity contribution is 7.92. The van der Waals surface area contributed by atoms with Gasteiger partial charge in [-0.15, -0.1) is 0 Å². The average molecular weight is 463 g/mol. The largest absolute Gasteiger partial charge is 0.491 e. The van der Waals surface area contributed by atoms with Gasteiger partial charge in [0.1, 0.15) is 11.5 Å². The smallest absolute Gasteiger partial charge is 0.261 e. The molecule has 176 valence electrons. The van der Waals surface area contributed by atoms with Crippen molar-refractivity contribution >= 4 is 21.6 Å². The Morgan fingerprint density at radius 1 is 1.00 bits per heavy atom. The number of sulfonamides is 1. The van der Waals surface area contributed by atoms with E-state index in [1.54, 1.807) is 24.3 Å². The minimum absolute atomic E-state index is 0.150. The standard InChI is InChI=1S/C24H34N2O5S/c1-6-23(31-22-15-11-20(12-16-22)26(4)32(5,28)29)24(27)25-17-7-8-19-9-13-21(14-10-19)30-18(2)3/h9-16,18,23H,6-8,17H2,1-5H3,(H,25,27)/t23-/m1/s1. The number of ether oxygens (including phenoxy) is 2. The second-order valence-corrected chi connectivity index (χ2v) is 9.96. The van der Waals surface area contributed by atoms with Crippen molar-refractivity contribution in [1.82, 2.24) is 5.32 Å². The lowest BCUT2D eigenvalue weighted by Gasteiger charge is -2.19. The minimum atomic E-state index is -3.33. The number of carbonyl (C=O) groups is 1. The van der Waals surface area contributed by atoms with Crippen LogP contribution in [-0.4, -0.2) is 46.4 Å². The van der Waals surface area contributed by atoms with E-state index in [0.717, 1.165) is 24.8 Å². The van der Waals surface area contributed by atoms with Gasteiger partial charge in [0.05, 0.1) is 18.0 Å². The molecule has 1 amide bonds. The van der Waals surface area contributed by atoms with Crippen molar-refractivity contribution in [3.05, 3.63) is 54.1 Å². The summed E-state index contributed by atoms with van der Waals surface area (Å²) in [4.78, 5) is 12.5. The highest BCUT2D eigenvalue weighted by Gasteiger charge is 2.18. The minimum Gasteiger partial charge on any atom is -0.491 e. The second-order valence-electron chi connectivity index (χ2n) is 7.94. The fourth-order valence-electron chi connectivity index (χ4n) is 3.04. The lowest BCUT2D eigenvalue weighted by Crippen LogP contribution is -2.38. The fourth-order valence-corrected chi connectivity index (χ4v) is 3.54. The predicted molar refractivity (Wildman–Crippen MR) is 128 cm³/mol. The van der Waals surface area contributed by atoms with Crippen LogP contribution >= 0.6 is 0 Å². The molecule has 7 nitrogen and oxygen atoms in total. The van der Waals surface area contributed by atoms with E-state index in [9.17, 15) is 13.2 Å². The van der Waals surface area contributed by atoms with E-state index in [4.69, 9.17) is 9.47 Å². The molecule has 0 fully saturated rings. The quantitative estimate of drug-likeness (QED) is 0.485. The number of anilines is 1. The third kappa shape index (κ3) is 8.07. The first-order chi connectivity index (χ1) is 15.1. The number of aryl methyl sites for hydroxylation is 1. The molecule has 0 saturated heterocycles. The number of nitrogens with one attached hydrogen (secondary N) is 1. The maximum atomic E-state index is 12.5. The van der Waals surface area contributed by atoms with Crippen molar-refractivity contribution in [2.45, 2.75) is 52.2 Å². The Labute approximate surface area is 191 Å².